The van der Waals surface area contributed by atoms with Crippen molar-refractivity contribution in [3.63, 3.8) is 0 Å². The summed E-state index contributed by atoms with van der Waals surface area (Å²) in [6.07, 6.45) is 1.66. The number of carbonyl (C=O) groups is 3. The van der Waals surface area contributed by atoms with E-state index in [2.05, 4.69) is 25.9 Å². The van der Waals surface area contributed by atoms with Crippen LogP contribution < -0.4 is 10.7 Å². The fourth-order valence-corrected chi connectivity index (χ4v) is 2.99. The van der Waals surface area contributed by atoms with Gasteiger partial charge in [0.2, 0.25) is 5.91 Å². The lowest BCUT2D eigenvalue weighted by atomic mass is 10.1. The zero-order chi connectivity index (χ0) is 21.1. The summed E-state index contributed by atoms with van der Waals surface area (Å²) in [5, 5.41) is 11.6. The molecule has 2 aromatic heterocycles. The lowest BCUT2D eigenvalue weighted by molar-refractivity contribution is -0.121. The molecule has 4 rings (SSSR count). The Kier molecular flexibility index (Phi) is 5.21. The highest BCUT2D eigenvalue weighted by atomic mass is 16.5. The lowest BCUT2D eigenvalue weighted by Crippen LogP contribution is -2.33. The largest absolute Gasteiger partial charge is 0.462 e. The van der Waals surface area contributed by atoms with E-state index in [4.69, 9.17) is 4.74 Å². The standard InChI is InChI=1S/C20H18N6O4/c1-2-30-20(29)13-11-21-26(16-9-7-12-5-3-4-6-14(12)22-16)18(13)23-19(28)15-8-10-17(27)25-24-15/h3-7,9,11H,2,8,10H2,1H3,(H,23,28)(H,25,27). The van der Waals surface area contributed by atoms with Gasteiger partial charge in [0.25, 0.3) is 5.91 Å². The average molecular weight is 406 g/mol. The molecule has 3 aromatic rings. The minimum Gasteiger partial charge on any atom is -0.462 e. The molecule has 152 valence electrons. The third-order valence-electron chi connectivity index (χ3n) is 4.46. The Morgan fingerprint density at radius 1 is 1.20 bits per heavy atom. The first-order valence-electron chi connectivity index (χ1n) is 9.35. The third-order valence-corrected chi connectivity index (χ3v) is 4.46. The number of para-hydroxylation sites is 1. The molecule has 2 N–H and O–H groups in total. The van der Waals surface area contributed by atoms with E-state index in [0.29, 0.717) is 5.82 Å². The maximum atomic E-state index is 12.7. The zero-order valence-electron chi connectivity index (χ0n) is 16.1. The molecule has 0 atom stereocenters. The van der Waals surface area contributed by atoms with Gasteiger partial charge in [-0.15, -0.1) is 0 Å². The smallest absolute Gasteiger partial charge is 0.343 e. The molecule has 0 saturated carbocycles. The van der Waals surface area contributed by atoms with Crippen LogP contribution in [0.5, 0.6) is 0 Å². The molecule has 1 aliphatic heterocycles. The minimum absolute atomic E-state index is 0.0839. The Labute approximate surface area is 170 Å². The van der Waals surface area contributed by atoms with E-state index in [9.17, 15) is 14.4 Å². The van der Waals surface area contributed by atoms with Gasteiger partial charge in [0.05, 0.1) is 18.3 Å². The van der Waals surface area contributed by atoms with Crippen molar-refractivity contribution in [1.82, 2.24) is 20.2 Å². The number of hydrogen-bond acceptors (Lipinski definition) is 7. The average Bonchev–Trinajstić information content (AvgIpc) is 3.17. The molecule has 10 nitrogen and oxygen atoms in total. The van der Waals surface area contributed by atoms with Crippen LogP contribution in [0.2, 0.25) is 0 Å². The Morgan fingerprint density at radius 2 is 2.03 bits per heavy atom. The number of nitrogens with zero attached hydrogens (tertiary/aromatic N) is 4. The van der Waals surface area contributed by atoms with E-state index in [1.165, 1.54) is 10.9 Å². The van der Waals surface area contributed by atoms with Crippen molar-refractivity contribution in [1.29, 1.82) is 0 Å². The molecule has 0 bridgehead atoms. The molecule has 0 saturated heterocycles. The molecule has 30 heavy (non-hydrogen) atoms. The topological polar surface area (TPSA) is 128 Å². The highest BCUT2D eigenvalue weighted by Gasteiger charge is 2.25. The third kappa shape index (κ3) is 3.75. The first-order chi connectivity index (χ1) is 14.6. The van der Waals surface area contributed by atoms with Crippen LogP contribution in [0.1, 0.15) is 30.1 Å². The molecule has 1 aromatic carbocycles. The second-order valence-corrected chi connectivity index (χ2v) is 6.45. The van der Waals surface area contributed by atoms with Crippen LogP contribution >= 0.6 is 0 Å². The Bertz CT molecular complexity index is 1180. The van der Waals surface area contributed by atoms with Crippen LogP contribution in [0.3, 0.4) is 0 Å². The van der Waals surface area contributed by atoms with E-state index in [1.54, 1.807) is 13.0 Å². The maximum Gasteiger partial charge on any atom is 0.343 e. The summed E-state index contributed by atoms with van der Waals surface area (Å²) in [5.41, 5.74) is 3.24. The normalized spacial score (nSPS) is 13.5. The highest BCUT2D eigenvalue weighted by molar-refractivity contribution is 6.43. The molecule has 10 heteroatoms. The van der Waals surface area contributed by atoms with Gasteiger partial charge in [-0.3, -0.25) is 9.59 Å². The Morgan fingerprint density at radius 3 is 2.80 bits per heavy atom. The fourth-order valence-electron chi connectivity index (χ4n) is 2.99. The van der Waals surface area contributed by atoms with Crippen LogP contribution in [-0.2, 0) is 14.3 Å². The fraction of sp³-hybridized carbons (Fsp3) is 0.200. The van der Waals surface area contributed by atoms with E-state index in [-0.39, 0.29) is 42.4 Å². The Hall–Kier alpha value is -4.08. The van der Waals surface area contributed by atoms with Gasteiger partial charge in [0, 0.05) is 18.2 Å². The SMILES string of the molecule is CCOC(=O)c1cnn(-c2ccc3ccccc3n2)c1NC(=O)C1=NNC(=O)CC1. The maximum absolute atomic E-state index is 12.7. The lowest BCUT2D eigenvalue weighted by Gasteiger charge is -2.14. The van der Waals surface area contributed by atoms with E-state index >= 15 is 0 Å². The number of anilines is 1. The molecule has 3 heterocycles. The monoisotopic (exact) mass is 406 g/mol. The van der Waals surface area contributed by atoms with Gasteiger partial charge in [0.15, 0.2) is 11.6 Å². The summed E-state index contributed by atoms with van der Waals surface area (Å²) < 4.78 is 6.44. The van der Waals surface area contributed by atoms with Crippen molar-refractivity contribution in [2.24, 2.45) is 5.10 Å². The Balaban J connectivity index is 1.74. The molecule has 0 unspecified atom stereocenters. The quantitative estimate of drug-likeness (QED) is 0.622. The predicted molar refractivity (Wildman–Crippen MR) is 108 cm³/mol. The van der Waals surface area contributed by atoms with Gasteiger partial charge in [-0.2, -0.15) is 14.9 Å². The zero-order valence-corrected chi connectivity index (χ0v) is 16.1. The summed E-state index contributed by atoms with van der Waals surface area (Å²) in [4.78, 5) is 40.9. The van der Waals surface area contributed by atoms with Crippen LogP contribution in [0.4, 0.5) is 5.82 Å². The molecule has 0 aliphatic carbocycles. The molecule has 0 radical (unpaired) electrons. The summed E-state index contributed by atoms with van der Waals surface area (Å²) in [6, 6.07) is 11.2. The summed E-state index contributed by atoms with van der Waals surface area (Å²) >= 11 is 0. The van der Waals surface area contributed by atoms with Gasteiger partial charge in [0.1, 0.15) is 11.3 Å². The molecule has 1 aliphatic rings. The summed E-state index contributed by atoms with van der Waals surface area (Å²) in [6.45, 7) is 1.86. The molecular weight excluding hydrogens is 388 g/mol. The number of aromatic nitrogens is 3. The van der Waals surface area contributed by atoms with Crippen LogP contribution in [-0.4, -0.2) is 44.9 Å². The van der Waals surface area contributed by atoms with Gasteiger partial charge < -0.3 is 10.1 Å². The van der Waals surface area contributed by atoms with Gasteiger partial charge >= 0.3 is 5.97 Å². The predicted octanol–water partition coefficient (Wildman–Crippen LogP) is 1.80. The number of rotatable bonds is 5. The first-order valence-corrected chi connectivity index (χ1v) is 9.35. The van der Waals surface area contributed by atoms with Crippen molar-refractivity contribution >= 4 is 40.2 Å². The summed E-state index contributed by atoms with van der Waals surface area (Å²) in [5.74, 6) is -0.912. The highest BCUT2D eigenvalue weighted by Crippen LogP contribution is 2.22. The second-order valence-electron chi connectivity index (χ2n) is 6.45. The molecule has 0 fully saturated rings. The van der Waals surface area contributed by atoms with Crippen molar-refractivity contribution in [3.05, 3.63) is 48.2 Å². The van der Waals surface area contributed by atoms with Gasteiger partial charge in [-0.1, -0.05) is 18.2 Å². The number of fused-ring (bicyclic) bond motifs is 1. The van der Waals surface area contributed by atoms with Crippen molar-refractivity contribution in [2.75, 3.05) is 11.9 Å². The first kappa shape index (κ1) is 19.2. The van der Waals surface area contributed by atoms with Crippen LogP contribution in [0.15, 0.2) is 47.7 Å². The molecule has 0 spiro atoms. The summed E-state index contributed by atoms with van der Waals surface area (Å²) in [7, 11) is 0. The van der Waals surface area contributed by atoms with E-state index in [1.807, 2.05) is 30.3 Å². The second kappa shape index (κ2) is 8.11. The molecule has 2 amide bonds. The number of amides is 2. The number of carbonyl (C=O) groups excluding carboxylic acids is 3. The van der Waals surface area contributed by atoms with Crippen molar-refractivity contribution < 1.29 is 19.1 Å². The minimum atomic E-state index is -0.626. The number of hydrazone groups is 1. The van der Waals surface area contributed by atoms with Gasteiger partial charge in [-0.25, -0.2) is 15.2 Å². The van der Waals surface area contributed by atoms with Crippen LogP contribution in [0.25, 0.3) is 16.7 Å². The van der Waals surface area contributed by atoms with E-state index < -0.39 is 11.9 Å². The van der Waals surface area contributed by atoms with Crippen LogP contribution in [0, 0.1) is 0 Å². The number of hydrogen-bond donors (Lipinski definition) is 2. The van der Waals surface area contributed by atoms with Crippen molar-refractivity contribution in [2.45, 2.75) is 19.8 Å². The van der Waals surface area contributed by atoms with E-state index in [0.717, 1.165) is 10.9 Å². The number of ether oxygens (including phenoxy) is 1. The number of benzene rings is 1. The van der Waals surface area contributed by atoms with Gasteiger partial charge in [-0.05, 0) is 25.1 Å². The number of nitrogens with one attached hydrogen (secondary N) is 2. The number of esters is 1. The number of pyridine rings is 1. The van der Waals surface area contributed by atoms with Crippen molar-refractivity contribution in [3.8, 4) is 5.82 Å². The molecular formula is C20H18N6O4.